The molecule has 2 heterocycles. The highest BCUT2D eigenvalue weighted by molar-refractivity contribution is 6.02. The Kier molecular flexibility index (Phi) is 5.70. The van der Waals surface area contributed by atoms with E-state index in [4.69, 9.17) is 0 Å². The van der Waals surface area contributed by atoms with Gasteiger partial charge < -0.3 is 15.1 Å². The van der Waals surface area contributed by atoms with Crippen molar-refractivity contribution in [2.24, 2.45) is 0 Å². The molecule has 4 rings (SSSR count). The van der Waals surface area contributed by atoms with Crippen molar-refractivity contribution in [2.75, 3.05) is 34.8 Å². The van der Waals surface area contributed by atoms with E-state index in [2.05, 4.69) is 39.2 Å². The number of amides is 1. The predicted molar refractivity (Wildman–Crippen MR) is 117 cm³/mol. The largest absolute Gasteiger partial charge is 0.372 e. The molecule has 1 saturated heterocycles. The van der Waals surface area contributed by atoms with Gasteiger partial charge in [-0.1, -0.05) is 18.2 Å². The van der Waals surface area contributed by atoms with E-state index >= 15 is 0 Å². The molecule has 1 aliphatic heterocycles. The van der Waals surface area contributed by atoms with Gasteiger partial charge in [0.15, 0.2) is 5.82 Å². The first kappa shape index (κ1) is 18.9. The molecule has 1 aromatic heterocycles. The fourth-order valence-corrected chi connectivity index (χ4v) is 3.59. The standard InChI is InChI=1S/C23H25N5O/c1-2-28(20-8-4-3-5-9-20)22-17-24-21(16-25-22)23(29)26-18-10-12-19(13-11-18)27-14-6-7-15-27/h3-5,8-13,16-17H,2,6-7,14-15H2,1H3,(H,26,29). The fraction of sp³-hybridized carbons (Fsp3) is 0.261. The zero-order chi connectivity index (χ0) is 20.1. The van der Waals surface area contributed by atoms with Crippen molar-refractivity contribution in [2.45, 2.75) is 19.8 Å². The van der Waals surface area contributed by atoms with Crippen molar-refractivity contribution in [3.63, 3.8) is 0 Å². The average Bonchev–Trinajstić information content (AvgIpc) is 3.31. The van der Waals surface area contributed by atoms with Crippen LogP contribution in [0.2, 0.25) is 0 Å². The average molecular weight is 387 g/mol. The van der Waals surface area contributed by atoms with Gasteiger partial charge in [0.05, 0.1) is 12.4 Å². The maximum absolute atomic E-state index is 12.5. The summed E-state index contributed by atoms with van der Waals surface area (Å²) in [4.78, 5) is 25.7. The monoisotopic (exact) mass is 387 g/mol. The maximum atomic E-state index is 12.5. The van der Waals surface area contributed by atoms with Crippen molar-refractivity contribution in [1.29, 1.82) is 0 Å². The van der Waals surface area contributed by atoms with E-state index in [1.807, 2.05) is 47.4 Å². The Hall–Kier alpha value is -3.41. The minimum atomic E-state index is -0.263. The Morgan fingerprint density at radius 2 is 1.72 bits per heavy atom. The highest BCUT2D eigenvalue weighted by Gasteiger charge is 2.14. The van der Waals surface area contributed by atoms with Crippen LogP contribution in [0, 0.1) is 0 Å². The molecule has 0 bridgehead atoms. The Morgan fingerprint density at radius 3 is 2.34 bits per heavy atom. The van der Waals surface area contributed by atoms with Crippen LogP contribution in [0.1, 0.15) is 30.3 Å². The number of nitrogens with one attached hydrogen (secondary N) is 1. The fourth-order valence-electron chi connectivity index (χ4n) is 3.59. The number of benzene rings is 2. The topological polar surface area (TPSA) is 61.4 Å². The van der Waals surface area contributed by atoms with E-state index in [1.165, 1.54) is 24.7 Å². The summed E-state index contributed by atoms with van der Waals surface area (Å²) in [5.41, 5.74) is 3.29. The minimum absolute atomic E-state index is 0.263. The molecule has 1 aliphatic rings. The van der Waals surface area contributed by atoms with Crippen molar-refractivity contribution >= 4 is 28.8 Å². The Balaban J connectivity index is 1.42. The molecule has 1 fully saturated rings. The summed E-state index contributed by atoms with van der Waals surface area (Å²) in [5, 5.41) is 2.90. The van der Waals surface area contributed by atoms with Crippen LogP contribution < -0.4 is 15.1 Å². The molecule has 0 radical (unpaired) electrons. The minimum Gasteiger partial charge on any atom is -0.372 e. The number of carbonyl (C=O) groups excluding carboxylic acids is 1. The van der Waals surface area contributed by atoms with Crippen LogP contribution in [0.3, 0.4) is 0 Å². The zero-order valence-corrected chi connectivity index (χ0v) is 16.6. The lowest BCUT2D eigenvalue weighted by Gasteiger charge is -2.21. The molecule has 0 aliphatic carbocycles. The molecule has 0 saturated carbocycles. The third-order valence-electron chi connectivity index (χ3n) is 5.13. The molecular formula is C23H25N5O. The van der Waals surface area contributed by atoms with Crippen molar-refractivity contribution < 1.29 is 4.79 Å². The van der Waals surface area contributed by atoms with Crippen LogP contribution in [-0.2, 0) is 0 Å². The SMILES string of the molecule is CCN(c1ccccc1)c1cnc(C(=O)Nc2ccc(N3CCCC3)cc2)cn1. The molecule has 0 unspecified atom stereocenters. The molecule has 0 atom stereocenters. The normalized spacial score (nSPS) is 13.3. The quantitative estimate of drug-likeness (QED) is 0.675. The van der Waals surface area contributed by atoms with Crippen LogP contribution in [0.25, 0.3) is 0 Å². The molecule has 6 nitrogen and oxygen atoms in total. The van der Waals surface area contributed by atoms with Gasteiger partial charge in [-0.2, -0.15) is 0 Å². The van der Waals surface area contributed by atoms with E-state index < -0.39 is 0 Å². The second-order valence-electron chi connectivity index (χ2n) is 7.03. The van der Waals surface area contributed by atoms with Gasteiger partial charge in [0.1, 0.15) is 5.69 Å². The number of para-hydroxylation sites is 1. The highest BCUT2D eigenvalue weighted by Crippen LogP contribution is 2.23. The second kappa shape index (κ2) is 8.73. The Bertz CT molecular complexity index is 935. The number of anilines is 4. The lowest BCUT2D eigenvalue weighted by atomic mass is 10.2. The number of hydrogen-bond donors (Lipinski definition) is 1. The molecule has 1 amide bonds. The van der Waals surface area contributed by atoms with E-state index in [0.29, 0.717) is 11.5 Å². The van der Waals surface area contributed by atoms with Gasteiger partial charge in [-0.3, -0.25) is 4.79 Å². The smallest absolute Gasteiger partial charge is 0.275 e. The summed E-state index contributed by atoms with van der Waals surface area (Å²) in [7, 11) is 0. The zero-order valence-electron chi connectivity index (χ0n) is 16.6. The van der Waals surface area contributed by atoms with Crippen LogP contribution in [0.15, 0.2) is 67.0 Å². The maximum Gasteiger partial charge on any atom is 0.275 e. The first-order valence-electron chi connectivity index (χ1n) is 10.1. The first-order chi connectivity index (χ1) is 14.2. The van der Waals surface area contributed by atoms with E-state index in [1.54, 1.807) is 6.20 Å². The van der Waals surface area contributed by atoms with Crippen LogP contribution >= 0.6 is 0 Å². The predicted octanol–water partition coefficient (Wildman–Crippen LogP) is 4.49. The van der Waals surface area contributed by atoms with Crippen LogP contribution in [-0.4, -0.2) is 35.5 Å². The summed E-state index contributed by atoms with van der Waals surface area (Å²) in [6.07, 6.45) is 5.65. The van der Waals surface area contributed by atoms with E-state index in [0.717, 1.165) is 31.0 Å². The molecule has 29 heavy (non-hydrogen) atoms. The van der Waals surface area contributed by atoms with Crippen molar-refractivity contribution in [3.8, 4) is 0 Å². The third kappa shape index (κ3) is 4.37. The van der Waals surface area contributed by atoms with Gasteiger partial charge in [0.2, 0.25) is 0 Å². The number of rotatable bonds is 6. The molecule has 1 N–H and O–H groups in total. The number of nitrogens with zero attached hydrogens (tertiary/aromatic N) is 4. The first-order valence-corrected chi connectivity index (χ1v) is 10.1. The van der Waals surface area contributed by atoms with Gasteiger partial charge in [-0.05, 0) is 56.2 Å². The highest BCUT2D eigenvalue weighted by atomic mass is 16.1. The lowest BCUT2D eigenvalue weighted by molar-refractivity contribution is 0.102. The molecular weight excluding hydrogens is 362 g/mol. The lowest BCUT2D eigenvalue weighted by Crippen LogP contribution is -2.19. The molecule has 3 aromatic rings. The van der Waals surface area contributed by atoms with Gasteiger partial charge in [0.25, 0.3) is 5.91 Å². The third-order valence-corrected chi connectivity index (χ3v) is 5.13. The van der Waals surface area contributed by atoms with Gasteiger partial charge in [-0.15, -0.1) is 0 Å². The molecule has 148 valence electrons. The summed E-state index contributed by atoms with van der Waals surface area (Å²) < 4.78 is 0. The summed E-state index contributed by atoms with van der Waals surface area (Å²) in [5.74, 6) is 0.450. The van der Waals surface area contributed by atoms with Gasteiger partial charge in [-0.25, -0.2) is 9.97 Å². The molecule has 6 heteroatoms. The second-order valence-corrected chi connectivity index (χ2v) is 7.03. The summed E-state index contributed by atoms with van der Waals surface area (Å²) in [6, 6.07) is 18.0. The number of hydrogen-bond acceptors (Lipinski definition) is 5. The van der Waals surface area contributed by atoms with Crippen molar-refractivity contribution in [3.05, 3.63) is 72.7 Å². The molecule has 0 spiro atoms. The molecule has 2 aromatic carbocycles. The summed E-state index contributed by atoms with van der Waals surface area (Å²) >= 11 is 0. The van der Waals surface area contributed by atoms with E-state index in [-0.39, 0.29) is 5.91 Å². The number of carbonyl (C=O) groups is 1. The van der Waals surface area contributed by atoms with Crippen molar-refractivity contribution in [1.82, 2.24) is 9.97 Å². The Labute approximate surface area is 171 Å². The number of aromatic nitrogens is 2. The van der Waals surface area contributed by atoms with Crippen LogP contribution in [0.5, 0.6) is 0 Å². The van der Waals surface area contributed by atoms with Gasteiger partial charge in [0, 0.05) is 36.7 Å². The summed E-state index contributed by atoms with van der Waals surface area (Å²) in [6.45, 7) is 5.02. The Morgan fingerprint density at radius 1 is 1.00 bits per heavy atom. The van der Waals surface area contributed by atoms with Gasteiger partial charge >= 0.3 is 0 Å². The van der Waals surface area contributed by atoms with E-state index in [9.17, 15) is 4.79 Å². The van der Waals surface area contributed by atoms with Crippen LogP contribution in [0.4, 0.5) is 22.9 Å².